The van der Waals surface area contributed by atoms with Gasteiger partial charge in [-0.1, -0.05) is 17.4 Å². The van der Waals surface area contributed by atoms with Crippen molar-refractivity contribution in [3.05, 3.63) is 42.7 Å². The Bertz CT molecular complexity index is 1100. The molecule has 3 fully saturated rings. The molecule has 9 heteroatoms. The van der Waals surface area contributed by atoms with Crippen LogP contribution < -0.4 is 15.0 Å². The van der Waals surface area contributed by atoms with Gasteiger partial charge in [-0.25, -0.2) is 15.0 Å². The molecule has 172 valence electrons. The predicted molar refractivity (Wildman–Crippen MR) is 129 cm³/mol. The molecular formula is C24H28N6O2S. The van der Waals surface area contributed by atoms with Crippen LogP contribution in [0.2, 0.25) is 0 Å². The number of hydrogen-bond donors (Lipinski definition) is 1. The lowest BCUT2D eigenvalue weighted by Gasteiger charge is -2.52. The maximum absolute atomic E-state index is 6.10. The van der Waals surface area contributed by atoms with Gasteiger partial charge in [0.15, 0.2) is 5.13 Å². The van der Waals surface area contributed by atoms with E-state index in [2.05, 4.69) is 38.2 Å². The number of aromatic nitrogens is 3. The lowest BCUT2D eigenvalue weighted by molar-refractivity contribution is -0.191. The van der Waals surface area contributed by atoms with Gasteiger partial charge in [0.1, 0.15) is 11.9 Å². The average Bonchev–Trinajstić information content (AvgIpc) is 3.25. The Morgan fingerprint density at radius 1 is 1.06 bits per heavy atom. The zero-order chi connectivity index (χ0) is 22.3. The van der Waals surface area contributed by atoms with Crippen molar-refractivity contribution in [3.8, 4) is 16.5 Å². The van der Waals surface area contributed by atoms with Crippen molar-refractivity contribution in [1.29, 1.82) is 0 Å². The Kier molecular flexibility index (Phi) is 5.40. The number of rotatable bonds is 6. The molecule has 2 aliphatic heterocycles. The summed E-state index contributed by atoms with van der Waals surface area (Å²) in [4.78, 5) is 19.5. The molecule has 8 nitrogen and oxygen atoms in total. The van der Waals surface area contributed by atoms with Gasteiger partial charge in [-0.05, 0) is 38.1 Å². The van der Waals surface area contributed by atoms with E-state index < -0.39 is 0 Å². The Labute approximate surface area is 197 Å². The van der Waals surface area contributed by atoms with Crippen molar-refractivity contribution in [1.82, 2.24) is 19.9 Å². The molecule has 2 saturated heterocycles. The van der Waals surface area contributed by atoms with E-state index in [1.807, 2.05) is 36.7 Å². The first kappa shape index (κ1) is 20.8. The summed E-state index contributed by atoms with van der Waals surface area (Å²) < 4.78 is 11.4. The van der Waals surface area contributed by atoms with Gasteiger partial charge in [0.2, 0.25) is 5.88 Å². The Hall–Kier alpha value is -2.75. The van der Waals surface area contributed by atoms with Crippen molar-refractivity contribution in [2.45, 2.75) is 18.9 Å². The number of pyridine rings is 2. The summed E-state index contributed by atoms with van der Waals surface area (Å²) >= 11 is 1.56. The van der Waals surface area contributed by atoms with E-state index in [9.17, 15) is 0 Å². The lowest BCUT2D eigenvalue weighted by atomic mass is 9.65. The van der Waals surface area contributed by atoms with E-state index in [-0.39, 0.29) is 6.10 Å². The molecule has 0 bridgehead atoms. The topological polar surface area (TPSA) is 75.6 Å². The molecule has 3 aliphatic rings. The summed E-state index contributed by atoms with van der Waals surface area (Å²) in [5.74, 6) is 1.47. The van der Waals surface area contributed by atoms with Gasteiger partial charge in [0.25, 0.3) is 0 Å². The zero-order valence-electron chi connectivity index (χ0n) is 18.7. The fraction of sp³-hybridized carbons (Fsp3) is 0.458. The molecule has 6 rings (SSSR count). The maximum atomic E-state index is 6.10. The lowest BCUT2D eigenvalue weighted by Crippen LogP contribution is -2.56. The highest BCUT2D eigenvalue weighted by molar-refractivity contribution is 7.18. The first-order valence-electron chi connectivity index (χ1n) is 11.5. The zero-order valence-corrected chi connectivity index (χ0v) is 19.6. The van der Waals surface area contributed by atoms with Crippen LogP contribution in [0.4, 0.5) is 16.6 Å². The van der Waals surface area contributed by atoms with Crippen molar-refractivity contribution in [3.63, 3.8) is 0 Å². The van der Waals surface area contributed by atoms with Crippen LogP contribution in [0.3, 0.4) is 0 Å². The fourth-order valence-corrected chi connectivity index (χ4v) is 5.47. The first-order valence-corrected chi connectivity index (χ1v) is 12.3. The monoisotopic (exact) mass is 464 g/mol. The second-order valence-corrected chi connectivity index (χ2v) is 10.4. The summed E-state index contributed by atoms with van der Waals surface area (Å²) in [5, 5.41) is 4.11. The molecule has 3 aromatic rings. The number of likely N-dealkylation sites (N-methyl/N-ethyl adjacent to an activating group) is 1. The Morgan fingerprint density at radius 3 is 2.64 bits per heavy atom. The summed E-state index contributed by atoms with van der Waals surface area (Å²) in [6, 6.07) is 10.1. The van der Waals surface area contributed by atoms with Crippen molar-refractivity contribution >= 4 is 28.0 Å². The molecule has 1 N–H and O–H groups in total. The summed E-state index contributed by atoms with van der Waals surface area (Å²) in [6.07, 6.45) is 6.16. The molecule has 0 atom stereocenters. The van der Waals surface area contributed by atoms with Crippen molar-refractivity contribution in [2.24, 2.45) is 5.41 Å². The first-order chi connectivity index (χ1) is 16.1. The van der Waals surface area contributed by atoms with Crippen LogP contribution in [0.1, 0.15) is 12.8 Å². The van der Waals surface area contributed by atoms with Gasteiger partial charge in [-0.3, -0.25) is 0 Å². The van der Waals surface area contributed by atoms with Crippen LogP contribution in [0, 0.1) is 5.41 Å². The van der Waals surface area contributed by atoms with Crippen LogP contribution in [0.15, 0.2) is 42.7 Å². The number of nitrogens with zero attached hydrogens (tertiary/aromatic N) is 5. The third kappa shape index (κ3) is 4.40. The van der Waals surface area contributed by atoms with Crippen LogP contribution >= 0.6 is 11.3 Å². The highest BCUT2D eigenvalue weighted by Gasteiger charge is 2.51. The minimum absolute atomic E-state index is 0.246. The second kappa shape index (κ2) is 8.55. The fourth-order valence-electron chi connectivity index (χ4n) is 4.68. The average molecular weight is 465 g/mol. The van der Waals surface area contributed by atoms with E-state index in [1.54, 1.807) is 11.3 Å². The van der Waals surface area contributed by atoms with Crippen LogP contribution in [0.5, 0.6) is 5.88 Å². The molecule has 0 aromatic carbocycles. The van der Waals surface area contributed by atoms with Gasteiger partial charge in [0.05, 0.1) is 35.7 Å². The number of hydrogen-bond acceptors (Lipinski definition) is 9. The molecule has 5 heterocycles. The highest BCUT2D eigenvalue weighted by atomic mass is 32.1. The largest absolute Gasteiger partial charge is 0.474 e. The summed E-state index contributed by atoms with van der Waals surface area (Å²) in [5.41, 5.74) is 2.42. The van der Waals surface area contributed by atoms with Gasteiger partial charge < -0.3 is 24.6 Å². The van der Waals surface area contributed by atoms with Crippen LogP contribution in [-0.4, -0.2) is 72.4 Å². The van der Waals surface area contributed by atoms with E-state index >= 15 is 0 Å². The van der Waals surface area contributed by atoms with Gasteiger partial charge >= 0.3 is 0 Å². The maximum Gasteiger partial charge on any atom is 0.214 e. The van der Waals surface area contributed by atoms with E-state index in [1.165, 1.54) is 0 Å². The molecule has 1 saturated carbocycles. The predicted octanol–water partition coefficient (Wildman–Crippen LogP) is 3.65. The van der Waals surface area contributed by atoms with Gasteiger partial charge in [0, 0.05) is 43.9 Å². The number of piperazine rings is 1. The standard InChI is InChI=1S/C24H28N6O2S/c1-29-7-9-30(10-8-29)17-5-6-21(25-13-17)28-23-26-14-20(33-23)19-3-2-4-22(27-19)32-18-11-24(12-18)15-31-16-24/h2-6,13-14,18H,7-12,15-16H2,1H3,(H,25,26,28). The third-order valence-electron chi connectivity index (χ3n) is 6.76. The van der Waals surface area contributed by atoms with E-state index in [4.69, 9.17) is 14.5 Å². The molecule has 0 unspecified atom stereocenters. The van der Waals surface area contributed by atoms with Crippen LogP contribution in [0.25, 0.3) is 10.6 Å². The number of ether oxygens (including phenoxy) is 2. The third-order valence-corrected chi connectivity index (χ3v) is 7.69. The molecule has 0 amide bonds. The minimum Gasteiger partial charge on any atom is -0.474 e. The molecule has 1 aliphatic carbocycles. The summed E-state index contributed by atoms with van der Waals surface area (Å²) in [7, 11) is 2.16. The number of thiazole rings is 1. The number of anilines is 3. The SMILES string of the molecule is CN1CCN(c2ccc(Nc3ncc(-c4cccc(OC5CC6(COC6)C5)n4)s3)nc2)CC1. The molecule has 33 heavy (non-hydrogen) atoms. The molecule has 3 aromatic heterocycles. The Morgan fingerprint density at radius 2 is 1.91 bits per heavy atom. The van der Waals surface area contributed by atoms with Gasteiger partial charge in [-0.2, -0.15) is 0 Å². The highest BCUT2D eigenvalue weighted by Crippen LogP contribution is 2.48. The van der Waals surface area contributed by atoms with Crippen molar-refractivity contribution in [2.75, 3.05) is 56.7 Å². The van der Waals surface area contributed by atoms with Gasteiger partial charge in [-0.15, -0.1) is 0 Å². The number of nitrogens with one attached hydrogen (secondary N) is 1. The Balaban J connectivity index is 1.07. The normalized spacial score (nSPS) is 20.3. The molecule has 1 spiro atoms. The van der Waals surface area contributed by atoms with E-state index in [0.29, 0.717) is 11.3 Å². The van der Waals surface area contributed by atoms with E-state index in [0.717, 1.165) is 79.4 Å². The van der Waals surface area contributed by atoms with Crippen LogP contribution in [-0.2, 0) is 4.74 Å². The van der Waals surface area contributed by atoms with Crippen molar-refractivity contribution < 1.29 is 9.47 Å². The summed E-state index contributed by atoms with van der Waals surface area (Å²) in [6.45, 7) is 5.99. The quantitative estimate of drug-likeness (QED) is 0.593. The molecular weight excluding hydrogens is 436 g/mol. The second-order valence-electron chi connectivity index (χ2n) is 9.35. The molecule has 0 radical (unpaired) electrons. The minimum atomic E-state index is 0.246. The smallest absolute Gasteiger partial charge is 0.214 e.